The Morgan fingerprint density at radius 2 is 1.96 bits per heavy atom. The van der Waals surface area contributed by atoms with Gasteiger partial charge in [0, 0.05) is 17.9 Å². The number of benzene rings is 1. The van der Waals surface area contributed by atoms with Crippen molar-refractivity contribution in [3.05, 3.63) is 23.2 Å². The highest BCUT2D eigenvalue weighted by Crippen LogP contribution is 2.27. The van der Waals surface area contributed by atoms with Crippen molar-refractivity contribution in [1.29, 1.82) is 0 Å². The number of carbonyl (C=O) groups excluding carboxylic acids is 2. The predicted octanol–water partition coefficient (Wildman–Crippen LogP) is 4.44. The molecule has 24 heavy (non-hydrogen) atoms. The van der Waals surface area contributed by atoms with Crippen molar-refractivity contribution in [1.82, 2.24) is 0 Å². The summed E-state index contributed by atoms with van der Waals surface area (Å²) >= 11 is 5.91. The molecule has 0 radical (unpaired) electrons. The van der Waals surface area contributed by atoms with Crippen molar-refractivity contribution in [2.24, 2.45) is 5.92 Å². The average Bonchev–Trinajstić information content (AvgIpc) is 2.51. The molecule has 0 bridgehead atoms. The van der Waals surface area contributed by atoms with Crippen LogP contribution in [0, 0.1) is 5.92 Å². The van der Waals surface area contributed by atoms with Crippen molar-refractivity contribution in [2.75, 3.05) is 19.0 Å². The highest BCUT2D eigenvalue weighted by Gasteiger charge is 2.10. The number of amides is 1. The molecule has 0 saturated heterocycles. The van der Waals surface area contributed by atoms with Gasteiger partial charge in [0.25, 0.3) is 0 Å². The van der Waals surface area contributed by atoms with Gasteiger partial charge in [0.15, 0.2) is 0 Å². The van der Waals surface area contributed by atoms with E-state index >= 15 is 0 Å². The summed E-state index contributed by atoms with van der Waals surface area (Å²) in [6.07, 6.45) is 2.83. The second kappa shape index (κ2) is 10.9. The van der Waals surface area contributed by atoms with E-state index in [2.05, 4.69) is 19.2 Å². The van der Waals surface area contributed by atoms with Crippen LogP contribution in [-0.2, 0) is 14.3 Å². The number of hydrogen-bond donors (Lipinski definition) is 1. The van der Waals surface area contributed by atoms with Gasteiger partial charge in [-0.15, -0.1) is 0 Å². The molecule has 0 spiro atoms. The first-order valence-electron chi connectivity index (χ1n) is 8.21. The fourth-order valence-corrected chi connectivity index (χ4v) is 2.31. The monoisotopic (exact) mass is 355 g/mol. The van der Waals surface area contributed by atoms with Gasteiger partial charge in [-0.3, -0.25) is 9.59 Å². The lowest BCUT2D eigenvalue weighted by Crippen LogP contribution is -2.13. The zero-order chi connectivity index (χ0) is 17.9. The number of halogens is 1. The topological polar surface area (TPSA) is 64.6 Å². The number of rotatable bonds is 10. The minimum Gasteiger partial charge on any atom is -0.495 e. The largest absolute Gasteiger partial charge is 0.495 e. The van der Waals surface area contributed by atoms with E-state index in [9.17, 15) is 9.59 Å². The molecule has 1 N–H and O–H groups in total. The molecule has 6 heteroatoms. The molecule has 1 rings (SSSR count). The van der Waals surface area contributed by atoms with Gasteiger partial charge in [0.05, 0.1) is 19.4 Å². The number of anilines is 1. The maximum Gasteiger partial charge on any atom is 0.305 e. The van der Waals surface area contributed by atoms with E-state index in [0.29, 0.717) is 35.4 Å². The first kappa shape index (κ1) is 20.3. The summed E-state index contributed by atoms with van der Waals surface area (Å²) in [6.45, 7) is 4.72. The molecule has 5 nitrogen and oxygen atoms in total. The Bertz CT molecular complexity index is 546. The molecule has 1 aromatic rings. The van der Waals surface area contributed by atoms with E-state index in [4.69, 9.17) is 21.1 Å². The SMILES string of the molecule is COc1ccc(Cl)cc1NC(=O)CCCC(=O)OCCCC(C)C. The quantitative estimate of drug-likeness (QED) is 0.498. The summed E-state index contributed by atoms with van der Waals surface area (Å²) < 4.78 is 10.3. The molecule has 0 fully saturated rings. The van der Waals surface area contributed by atoms with E-state index in [1.54, 1.807) is 18.2 Å². The summed E-state index contributed by atoms with van der Waals surface area (Å²) in [5.41, 5.74) is 0.520. The van der Waals surface area contributed by atoms with Crippen molar-refractivity contribution in [3.8, 4) is 5.75 Å². The van der Waals surface area contributed by atoms with Crippen LogP contribution in [0.4, 0.5) is 5.69 Å². The Morgan fingerprint density at radius 1 is 1.21 bits per heavy atom. The zero-order valence-corrected chi connectivity index (χ0v) is 15.3. The molecule has 0 aliphatic carbocycles. The Morgan fingerprint density at radius 3 is 2.62 bits per heavy atom. The van der Waals surface area contributed by atoms with Crippen LogP contribution in [0.3, 0.4) is 0 Å². The molecule has 0 unspecified atom stereocenters. The number of nitrogens with one attached hydrogen (secondary N) is 1. The van der Waals surface area contributed by atoms with Gasteiger partial charge in [-0.25, -0.2) is 0 Å². The third-order valence-corrected chi connectivity index (χ3v) is 3.64. The number of methoxy groups -OCH3 is 1. The normalized spacial score (nSPS) is 10.5. The van der Waals surface area contributed by atoms with Crippen LogP contribution >= 0.6 is 11.6 Å². The van der Waals surface area contributed by atoms with Crippen molar-refractivity contribution in [3.63, 3.8) is 0 Å². The van der Waals surface area contributed by atoms with Gasteiger partial charge in [0.2, 0.25) is 5.91 Å². The lowest BCUT2D eigenvalue weighted by Gasteiger charge is -2.10. The summed E-state index contributed by atoms with van der Waals surface area (Å²) in [5, 5.41) is 3.25. The summed E-state index contributed by atoms with van der Waals surface area (Å²) in [4.78, 5) is 23.5. The van der Waals surface area contributed by atoms with Gasteiger partial charge in [-0.1, -0.05) is 25.4 Å². The van der Waals surface area contributed by atoms with Gasteiger partial charge in [-0.2, -0.15) is 0 Å². The first-order chi connectivity index (χ1) is 11.4. The molecule has 1 amide bonds. The second-order valence-electron chi connectivity index (χ2n) is 6.00. The smallest absolute Gasteiger partial charge is 0.305 e. The average molecular weight is 356 g/mol. The van der Waals surface area contributed by atoms with Gasteiger partial charge in [0.1, 0.15) is 5.75 Å². The highest BCUT2D eigenvalue weighted by molar-refractivity contribution is 6.31. The fourth-order valence-electron chi connectivity index (χ4n) is 2.13. The van der Waals surface area contributed by atoms with Crippen molar-refractivity contribution < 1.29 is 19.1 Å². The van der Waals surface area contributed by atoms with E-state index in [0.717, 1.165) is 12.8 Å². The van der Waals surface area contributed by atoms with Gasteiger partial charge in [-0.05, 0) is 43.4 Å². The van der Waals surface area contributed by atoms with Gasteiger partial charge < -0.3 is 14.8 Å². The Balaban J connectivity index is 2.27. The summed E-state index contributed by atoms with van der Waals surface area (Å²) in [6, 6.07) is 5.00. The van der Waals surface area contributed by atoms with Crippen LogP contribution in [0.5, 0.6) is 5.75 Å². The predicted molar refractivity (Wildman–Crippen MR) is 95.5 cm³/mol. The van der Waals surface area contributed by atoms with Crippen LogP contribution in [0.2, 0.25) is 5.02 Å². The summed E-state index contributed by atoms with van der Waals surface area (Å²) in [5.74, 6) is 0.697. The fraction of sp³-hybridized carbons (Fsp3) is 0.556. The minimum absolute atomic E-state index is 0.192. The lowest BCUT2D eigenvalue weighted by molar-refractivity contribution is -0.143. The second-order valence-corrected chi connectivity index (χ2v) is 6.44. The minimum atomic E-state index is -0.258. The highest BCUT2D eigenvalue weighted by atomic mass is 35.5. The van der Waals surface area contributed by atoms with E-state index in [1.165, 1.54) is 7.11 Å². The number of hydrogen-bond acceptors (Lipinski definition) is 4. The molecular weight excluding hydrogens is 330 g/mol. The molecule has 1 aromatic carbocycles. The van der Waals surface area contributed by atoms with Crippen molar-refractivity contribution >= 4 is 29.2 Å². The number of carbonyl (C=O) groups is 2. The van der Waals surface area contributed by atoms with Crippen molar-refractivity contribution in [2.45, 2.75) is 46.0 Å². The Hall–Kier alpha value is -1.75. The van der Waals surface area contributed by atoms with Crippen LogP contribution in [0.15, 0.2) is 18.2 Å². The summed E-state index contributed by atoms with van der Waals surface area (Å²) in [7, 11) is 1.52. The maximum atomic E-state index is 11.9. The standard InChI is InChI=1S/C18H26ClNO4/c1-13(2)6-5-11-24-18(22)8-4-7-17(21)20-15-12-14(19)9-10-16(15)23-3/h9-10,12-13H,4-8,11H2,1-3H3,(H,20,21). The van der Waals surface area contributed by atoms with E-state index < -0.39 is 0 Å². The first-order valence-corrected chi connectivity index (χ1v) is 8.59. The van der Waals surface area contributed by atoms with Gasteiger partial charge >= 0.3 is 5.97 Å². The molecule has 0 atom stereocenters. The van der Waals surface area contributed by atoms with E-state index in [1.807, 2.05) is 0 Å². The van der Waals surface area contributed by atoms with Crippen LogP contribution in [0.1, 0.15) is 46.0 Å². The Labute approximate surface area is 148 Å². The van der Waals surface area contributed by atoms with Crippen LogP contribution in [-0.4, -0.2) is 25.6 Å². The Kier molecular flexibility index (Phi) is 9.23. The molecule has 0 aliphatic heterocycles. The van der Waals surface area contributed by atoms with Crippen LogP contribution in [0.25, 0.3) is 0 Å². The lowest BCUT2D eigenvalue weighted by atomic mass is 10.1. The zero-order valence-electron chi connectivity index (χ0n) is 14.6. The number of ether oxygens (including phenoxy) is 2. The maximum absolute atomic E-state index is 11.9. The van der Waals surface area contributed by atoms with E-state index in [-0.39, 0.29) is 24.7 Å². The molecular formula is C18H26ClNO4. The molecule has 0 aromatic heterocycles. The molecule has 0 aliphatic rings. The third kappa shape index (κ3) is 8.20. The molecule has 134 valence electrons. The molecule has 0 heterocycles. The number of esters is 1. The molecule has 0 saturated carbocycles. The van der Waals surface area contributed by atoms with Crippen LogP contribution < -0.4 is 10.1 Å². The third-order valence-electron chi connectivity index (χ3n) is 3.41.